The van der Waals surface area contributed by atoms with Crippen molar-refractivity contribution in [1.82, 2.24) is 0 Å². The van der Waals surface area contributed by atoms with Crippen molar-refractivity contribution in [3.63, 3.8) is 0 Å². The molecule has 0 radical (unpaired) electrons. The predicted octanol–water partition coefficient (Wildman–Crippen LogP) is 5.70. The third-order valence-corrected chi connectivity index (χ3v) is 7.10. The molecule has 0 spiro atoms. The summed E-state index contributed by atoms with van der Waals surface area (Å²) in [5.41, 5.74) is 3.01. The molecule has 1 fully saturated rings. The number of ether oxygens (including phenoxy) is 3. The highest BCUT2D eigenvalue weighted by molar-refractivity contribution is 6.51. The Morgan fingerprint density at radius 2 is 1.45 bits per heavy atom. The highest BCUT2D eigenvalue weighted by Crippen LogP contribution is 2.45. The summed E-state index contributed by atoms with van der Waals surface area (Å²) in [4.78, 5) is 30.8. The van der Waals surface area contributed by atoms with E-state index in [0.29, 0.717) is 34.1 Å². The lowest BCUT2D eigenvalue weighted by atomic mass is 9.85. The highest BCUT2D eigenvalue weighted by Gasteiger charge is 2.47. The number of hydrogen-bond acceptors (Lipinski definition) is 7. The molecule has 1 unspecified atom stereocenters. The lowest BCUT2D eigenvalue weighted by molar-refractivity contribution is -0.132. The molecule has 0 bridgehead atoms. The number of hydrogen-bond donors (Lipinski definition) is 1. The van der Waals surface area contributed by atoms with Crippen LogP contribution in [0.2, 0.25) is 0 Å². The van der Waals surface area contributed by atoms with E-state index in [4.69, 9.17) is 14.2 Å². The van der Waals surface area contributed by atoms with E-state index in [1.807, 2.05) is 55.4 Å². The molecule has 40 heavy (non-hydrogen) atoms. The Labute approximate surface area is 235 Å². The second kappa shape index (κ2) is 11.0. The van der Waals surface area contributed by atoms with Crippen LogP contribution < -0.4 is 24.0 Å². The zero-order chi connectivity index (χ0) is 29.4. The monoisotopic (exact) mass is 544 g/mol. The summed E-state index contributed by atoms with van der Waals surface area (Å²) in [6, 6.07) is 17.1. The average Bonchev–Trinajstić information content (AvgIpc) is 3.21. The molecule has 210 valence electrons. The molecule has 1 N–H and O–H groups in total. The van der Waals surface area contributed by atoms with Crippen molar-refractivity contribution in [1.29, 1.82) is 0 Å². The van der Waals surface area contributed by atoms with Crippen molar-refractivity contribution < 1.29 is 28.9 Å². The number of aliphatic hydroxyl groups excluding tert-OH is 1. The second-order valence-corrected chi connectivity index (χ2v) is 10.9. The van der Waals surface area contributed by atoms with Crippen LogP contribution in [0.1, 0.15) is 43.5 Å². The third-order valence-electron chi connectivity index (χ3n) is 7.10. The maximum absolute atomic E-state index is 13.7. The summed E-state index contributed by atoms with van der Waals surface area (Å²) >= 11 is 0. The van der Waals surface area contributed by atoms with Crippen LogP contribution in [0, 0.1) is 0 Å². The molecule has 3 aromatic rings. The maximum Gasteiger partial charge on any atom is 0.300 e. The molecule has 1 aliphatic heterocycles. The van der Waals surface area contributed by atoms with Gasteiger partial charge in [0.15, 0.2) is 0 Å². The van der Waals surface area contributed by atoms with Gasteiger partial charge in [0, 0.05) is 38.0 Å². The van der Waals surface area contributed by atoms with Crippen molar-refractivity contribution in [3.8, 4) is 17.2 Å². The van der Waals surface area contributed by atoms with E-state index in [1.165, 1.54) is 26.2 Å². The minimum atomic E-state index is -0.920. The predicted molar refractivity (Wildman–Crippen MR) is 157 cm³/mol. The fourth-order valence-electron chi connectivity index (χ4n) is 4.81. The van der Waals surface area contributed by atoms with Crippen molar-refractivity contribution in [2.24, 2.45) is 0 Å². The van der Waals surface area contributed by atoms with E-state index < -0.39 is 17.7 Å². The van der Waals surface area contributed by atoms with Gasteiger partial charge in [0.05, 0.1) is 44.2 Å². The summed E-state index contributed by atoms with van der Waals surface area (Å²) in [7, 11) is 8.38. The first kappa shape index (κ1) is 28.5. The van der Waals surface area contributed by atoms with E-state index in [9.17, 15) is 14.7 Å². The Balaban J connectivity index is 2.01. The van der Waals surface area contributed by atoms with Crippen molar-refractivity contribution in [3.05, 3.63) is 82.9 Å². The average molecular weight is 545 g/mol. The number of carbonyl (C=O) groups excluding carboxylic acids is 2. The second-order valence-electron chi connectivity index (χ2n) is 10.9. The van der Waals surface area contributed by atoms with Crippen LogP contribution in [-0.2, 0) is 15.0 Å². The van der Waals surface area contributed by atoms with Gasteiger partial charge in [0.1, 0.15) is 23.0 Å². The van der Waals surface area contributed by atoms with Crippen molar-refractivity contribution in [2.75, 3.05) is 45.2 Å². The number of ketones is 1. The number of aliphatic hydroxyl groups is 1. The number of nitrogens with zero attached hydrogens (tertiary/aromatic N) is 2. The fourth-order valence-corrected chi connectivity index (χ4v) is 4.81. The standard InChI is InChI=1S/C32H36N2O6/c1-32(2,3)20-11-14-26(40-8)25(15-20)29(35)27-28(19-9-12-21(13-10-19)33(4)5)34(31(37)30(27)36)22-16-23(38-6)18-24(17-22)39-7/h9-18,28,35H,1-8H3/b29-27+. The van der Waals surface area contributed by atoms with E-state index in [0.717, 1.165) is 11.3 Å². The van der Waals surface area contributed by atoms with E-state index in [-0.39, 0.29) is 16.7 Å². The molecular weight excluding hydrogens is 508 g/mol. The van der Waals surface area contributed by atoms with E-state index in [2.05, 4.69) is 20.8 Å². The summed E-state index contributed by atoms with van der Waals surface area (Å²) in [6.45, 7) is 6.17. The molecule has 8 heteroatoms. The first-order valence-corrected chi connectivity index (χ1v) is 12.9. The molecule has 0 aromatic heterocycles. The molecule has 4 rings (SSSR count). The number of amides is 1. The molecule has 1 amide bonds. The minimum Gasteiger partial charge on any atom is -0.507 e. The summed E-state index contributed by atoms with van der Waals surface area (Å²) in [5, 5.41) is 11.8. The zero-order valence-electron chi connectivity index (χ0n) is 24.2. The van der Waals surface area contributed by atoms with Gasteiger partial charge in [-0.15, -0.1) is 0 Å². The largest absolute Gasteiger partial charge is 0.507 e. The molecule has 8 nitrogen and oxygen atoms in total. The Morgan fingerprint density at radius 3 is 1.95 bits per heavy atom. The Hall–Kier alpha value is -4.46. The van der Waals surface area contributed by atoms with Gasteiger partial charge in [0.25, 0.3) is 11.7 Å². The first-order valence-electron chi connectivity index (χ1n) is 12.9. The molecule has 1 heterocycles. The lowest BCUT2D eigenvalue weighted by Gasteiger charge is -2.27. The van der Waals surface area contributed by atoms with Crippen LogP contribution in [0.25, 0.3) is 5.76 Å². The Kier molecular flexibility index (Phi) is 7.82. The van der Waals surface area contributed by atoms with Gasteiger partial charge in [-0.1, -0.05) is 39.0 Å². The lowest BCUT2D eigenvalue weighted by Crippen LogP contribution is -2.29. The van der Waals surface area contributed by atoms with Gasteiger partial charge in [-0.3, -0.25) is 14.5 Å². The summed E-state index contributed by atoms with van der Waals surface area (Å²) in [6.07, 6.45) is 0. The quantitative estimate of drug-likeness (QED) is 0.232. The van der Waals surface area contributed by atoms with Crippen LogP contribution in [0.3, 0.4) is 0 Å². The van der Waals surface area contributed by atoms with Crippen LogP contribution in [0.5, 0.6) is 17.2 Å². The van der Waals surface area contributed by atoms with Gasteiger partial charge in [-0.05, 0) is 40.8 Å². The molecule has 1 aliphatic rings. The topological polar surface area (TPSA) is 88.5 Å². The van der Waals surface area contributed by atoms with Gasteiger partial charge in [-0.25, -0.2) is 0 Å². The van der Waals surface area contributed by atoms with Crippen LogP contribution in [-0.4, -0.2) is 52.2 Å². The first-order chi connectivity index (χ1) is 18.9. The SMILES string of the molecule is COc1cc(OC)cc(N2C(=O)C(=O)/C(=C(/O)c3cc(C(C)(C)C)ccc3OC)C2c2ccc(N(C)C)cc2)c1. The molecule has 1 atom stereocenters. The van der Waals surface area contributed by atoms with Crippen molar-refractivity contribution in [2.45, 2.75) is 32.2 Å². The Morgan fingerprint density at radius 1 is 0.850 bits per heavy atom. The van der Waals surface area contributed by atoms with Gasteiger partial charge >= 0.3 is 0 Å². The van der Waals surface area contributed by atoms with Gasteiger partial charge < -0.3 is 24.2 Å². The number of Topliss-reactive ketones (excluding diaryl/α,β-unsaturated/α-hetero) is 1. The maximum atomic E-state index is 13.7. The van der Waals surface area contributed by atoms with Gasteiger partial charge in [0.2, 0.25) is 0 Å². The van der Waals surface area contributed by atoms with Crippen LogP contribution in [0.4, 0.5) is 11.4 Å². The normalized spacial score (nSPS) is 16.7. The van der Waals surface area contributed by atoms with Gasteiger partial charge in [-0.2, -0.15) is 0 Å². The third kappa shape index (κ3) is 5.21. The highest BCUT2D eigenvalue weighted by atomic mass is 16.5. The number of carbonyl (C=O) groups is 2. The van der Waals surface area contributed by atoms with Crippen LogP contribution in [0.15, 0.2) is 66.2 Å². The van der Waals surface area contributed by atoms with E-state index >= 15 is 0 Å². The van der Waals surface area contributed by atoms with Crippen LogP contribution >= 0.6 is 0 Å². The Bertz CT molecular complexity index is 1450. The molecular formula is C32H36N2O6. The molecule has 0 saturated carbocycles. The molecule has 0 aliphatic carbocycles. The number of rotatable bonds is 7. The van der Waals surface area contributed by atoms with Crippen molar-refractivity contribution >= 4 is 28.8 Å². The zero-order valence-corrected chi connectivity index (χ0v) is 24.2. The fraction of sp³-hybridized carbons (Fsp3) is 0.312. The number of methoxy groups -OCH3 is 3. The number of anilines is 2. The summed E-state index contributed by atoms with van der Waals surface area (Å²) < 4.78 is 16.4. The van der Waals surface area contributed by atoms with E-state index in [1.54, 1.807) is 24.3 Å². The molecule has 1 saturated heterocycles. The number of benzene rings is 3. The minimum absolute atomic E-state index is 0.0336. The molecule has 3 aromatic carbocycles. The smallest absolute Gasteiger partial charge is 0.300 e. The summed E-state index contributed by atoms with van der Waals surface area (Å²) in [5.74, 6) is -0.578.